The monoisotopic (exact) mass is 492 g/mol. The van der Waals surface area contributed by atoms with Gasteiger partial charge in [-0.05, 0) is 62.1 Å². The lowest BCUT2D eigenvalue weighted by Gasteiger charge is -2.29. The molecule has 3 aromatic rings. The Labute approximate surface area is 208 Å². The van der Waals surface area contributed by atoms with Crippen LogP contribution in [0.2, 0.25) is 0 Å². The number of carbonyl (C=O) groups excluding carboxylic acids is 2. The van der Waals surface area contributed by atoms with Gasteiger partial charge in [-0.1, -0.05) is 6.07 Å². The molecule has 188 valence electrons. The Kier molecular flexibility index (Phi) is 6.29. The van der Waals surface area contributed by atoms with Crippen LogP contribution in [-0.4, -0.2) is 56.7 Å². The summed E-state index contributed by atoms with van der Waals surface area (Å²) < 4.78 is 22.0. The van der Waals surface area contributed by atoms with Crippen molar-refractivity contribution in [3.05, 3.63) is 58.7 Å². The van der Waals surface area contributed by atoms with E-state index in [-0.39, 0.29) is 23.4 Å². The third kappa shape index (κ3) is 4.48. The summed E-state index contributed by atoms with van der Waals surface area (Å²) in [6, 6.07) is 8.17. The topological polar surface area (TPSA) is 102 Å². The van der Waals surface area contributed by atoms with Gasteiger partial charge >= 0.3 is 0 Å². The molecule has 0 spiro atoms. The number of methoxy groups -OCH3 is 1. The molecule has 0 bridgehead atoms. The van der Waals surface area contributed by atoms with Crippen molar-refractivity contribution in [2.24, 2.45) is 0 Å². The maximum Gasteiger partial charge on any atom is 0.259 e. The van der Waals surface area contributed by atoms with Gasteiger partial charge in [-0.15, -0.1) is 10.2 Å². The average Bonchev–Trinajstić information content (AvgIpc) is 3.43. The van der Waals surface area contributed by atoms with Crippen LogP contribution in [0.3, 0.4) is 0 Å². The zero-order chi connectivity index (χ0) is 25.4. The molecule has 2 amide bonds. The molecule has 0 unspecified atom stereocenters. The molecule has 1 aromatic carbocycles. The van der Waals surface area contributed by atoms with Crippen LogP contribution in [0.5, 0.6) is 0 Å². The third-order valence-corrected chi connectivity index (χ3v) is 6.93. The number of pyridine rings is 1. The van der Waals surface area contributed by atoms with Crippen LogP contribution in [0.25, 0.3) is 11.5 Å². The maximum absolute atomic E-state index is 14.9. The first-order valence-corrected chi connectivity index (χ1v) is 12.1. The number of aryl methyl sites for hydroxylation is 1. The van der Waals surface area contributed by atoms with Gasteiger partial charge in [0.05, 0.1) is 18.6 Å². The second-order valence-corrected chi connectivity index (χ2v) is 9.86. The number of anilines is 1. The van der Waals surface area contributed by atoms with Gasteiger partial charge in [0.25, 0.3) is 5.91 Å². The molecule has 0 saturated heterocycles. The number of rotatable bonds is 6. The van der Waals surface area contributed by atoms with Crippen LogP contribution >= 0.6 is 0 Å². The van der Waals surface area contributed by atoms with Crippen molar-refractivity contribution < 1.29 is 18.7 Å². The third-order valence-electron chi connectivity index (χ3n) is 6.93. The predicted octanol–water partition coefficient (Wildman–Crippen LogP) is 3.33. The summed E-state index contributed by atoms with van der Waals surface area (Å²) in [5.41, 5.74) is 1.94. The highest BCUT2D eigenvalue weighted by Crippen LogP contribution is 2.35. The number of nitrogens with one attached hydrogen (secondary N) is 1. The second kappa shape index (κ2) is 9.42. The molecule has 0 aliphatic carbocycles. The highest BCUT2D eigenvalue weighted by atomic mass is 19.1. The first-order valence-electron chi connectivity index (χ1n) is 12.1. The van der Waals surface area contributed by atoms with E-state index in [1.54, 1.807) is 24.1 Å². The van der Waals surface area contributed by atoms with E-state index in [0.717, 1.165) is 29.8 Å². The zero-order valence-corrected chi connectivity index (χ0v) is 20.7. The smallest absolute Gasteiger partial charge is 0.259 e. The van der Waals surface area contributed by atoms with Crippen LogP contribution in [0.4, 0.5) is 10.2 Å². The van der Waals surface area contributed by atoms with Gasteiger partial charge in [0.1, 0.15) is 23.2 Å². The van der Waals surface area contributed by atoms with Crippen molar-refractivity contribution in [1.82, 2.24) is 24.6 Å². The standard InChI is InChI=1S/C26H29FN6O3/c1-26(2)10-7-22-30-31-24(33(22)26)20-5-4-6-21(28-20)29-25(35)18-13-17-15-32(23(34)9-12-36-3)11-8-16(17)14-19(18)27/h4-6,13-14H,7-12,15H2,1-3H3,(H,28,29,35). The number of amides is 2. The number of hydrogen-bond acceptors (Lipinski definition) is 6. The van der Waals surface area contributed by atoms with E-state index in [4.69, 9.17) is 4.74 Å². The molecule has 0 atom stereocenters. The van der Waals surface area contributed by atoms with E-state index >= 15 is 0 Å². The first-order chi connectivity index (χ1) is 17.3. The number of ether oxygens (including phenoxy) is 1. The largest absolute Gasteiger partial charge is 0.384 e. The average molecular weight is 493 g/mol. The van der Waals surface area contributed by atoms with Crippen molar-refractivity contribution in [1.29, 1.82) is 0 Å². The van der Waals surface area contributed by atoms with Gasteiger partial charge in [0.15, 0.2) is 5.82 Å². The van der Waals surface area contributed by atoms with Crippen LogP contribution in [0.15, 0.2) is 30.3 Å². The molecular weight excluding hydrogens is 463 g/mol. The summed E-state index contributed by atoms with van der Waals surface area (Å²) in [5.74, 6) is 0.619. The van der Waals surface area contributed by atoms with Gasteiger partial charge in [0.2, 0.25) is 5.91 Å². The minimum atomic E-state index is -0.602. The number of fused-ring (bicyclic) bond motifs is 2. The van der Waals surface area contributed by atoms with Gasteiger partial charge < -0.3 is 19.5 Å². The molecule has 10 heteroatoms. The van der Waals surface area contributed by atoms with Crippen molar-refractivity contribution in [3.8, 4) is 11.5 Å². The summed E-state index contributed by atoms with van der Waals surface area (Å²) >= 11 is 0. The second-order valence-electron chi connectivity index (χ2n) is 9.86. The van der Waals surface area contributed by atoms with Crippen LogP contribution in [0.1, 0.15) is 54.0 Å². The molecule has 9 nitrogen and oxygen atoms in total. The highest BCUT2D eigenvalue weighted by molar-refractivity contribution is 6.04. The lowest BCUT2D eigenvalue weighted by atomic mass is 9.96. The van der Waals surface area contributed by atoms with E-state index < -0.39 is 11.7 Å². The molecule has 1 N–H and O–H groups in total. The van der Waals surface area contributed by atoms with E-state index in [1.807, 2.05) is 6.07 Å². The quantitative estimate of drug-likeness (QED) is 0.566. The Balaban J connectivity index is 1.36. The molecule has 2 aliphatic rings. The fourth-order valence-electron chi connectivity index (χ4n) is 4.94. The number of aromatic nitrogens is 4. The first kappa shape index (κ1) is 24.1. The molecule has 4 heterocycles. The summed E-state index contributed by atoms with van der Waals surface area (Å²) in [5, 5.41) is 11.3. The van der Waals surface area contributed by atoms with Crippen LogP contribution < -0.4 is 5.32 Å². The Morgan fingerprint density at radius 2 is 2.00 bits per heavy atom. The van der Waals surface area contributed by atoms with E-state index in [2.05, 4.69) is 38.9 Å². The van der Waals surface area contributed by atoms with Crippen molar-refractivity contribution >= 4 is 17.6 Å². The Morgan fingerprint density at radius 1 is 1.17 bits per heavy atom. The lowest BCUT2D eigenvalue weighted by molar-refractivity contribution is -0.133. The number of hydrogen-bond donors (Lipinski definition) is 1. The fourth-order valence-corrected chi connectivity index (χ4v) is 4.94. The van der Waals surface area contributed by atoms with E-state index in [0.29, 0.717) is 43.5 Å². The molecule has 0 radical (unpaired) electrons. The van der Waals surface area contributed by atoms with Gasteiger partial charge in [-0.2, -0.15) is 0 Å². The van der Waals surface area contributed by atoms with E-state index in [1.165, 1.54) is 12.1 Å². The molecular formula is C26H29FN6O3. The fraction of sp³-hybridized carbons (Fsp3) is 0.423. The zero-order valence-electron chi connectivity index (χ0n) is 20.7. The van der Waals surface area contributed by atoms with Crippen LogP contribution in [0, 0.1) is 5.82 Å². The molecule has 2 aromatic heterocycles. The Morgan fingerprint density at radius 3 is 2.81 bits per heavy atom. The lowest BCUT2D eigenvalue weighted by Crippen LogP contribution is -2.36. The van der Waals surface area contributed by atoms with Gasteiger partial charge in [-0.25, -0.2) is 9.37 Å². The SMILES string of the molecule is COCCC(=O)N1CCc2cc(F)c(C(=O)Nc3cccc(-c4nnc5n4C(C)(C)CC5)n3)cc2C1. The Bertz CT molecular complexity index is 1340. The summed E-state index contributed by atoms with van der Waals surface area (Å²) in [6.07, 6.45) is 2.64. The normalized spacial score (nSPS) is 15.9. The maximum atomic E-state index is 14.9. The van der Waals surface area contributed by atoms with Crippen molar-refractivity contribution in [2.75, 3.05) is 25.6 Å². The van der Waals surface area contributed by atoms with Gasteiger partial charge in [0, 0.05) is 32.2 Å². The summed E-state index contributed by atoms with van der Waals surface area (Å²) in [6.45, 7) is 5.46. The van der Waals surface area contributed by atoms with Crippen LogP contribution in [-0.2, 0) is 34.5 Å². The van der Waals surface area contributed by atoms with Gasteiger partial charge in [-0.3, -0.25) is 9.59 Å². The van der Waals surface area contributed by atoms with Crippen molar-refractivity contribution in [2.45, 2.75) is 51.6 Å². The summed E-state index contributed by atoms with van der Waals surface area (Å²) in [7, 11) is 1.55. The number of benzene rings is 1. The molecule has 0 fully saturated rings. The Hall–Kier alpha value is -3.66. The summed E-state index contributed by atoms with van der Waals surface area (Å²) in [4.78, 5) is 31.7. The minimum absolute atomic E-state index is 0.0259. The molecule has 2 aliphatic heterocycles. The molecule has 36 heavy (non-hydrogen) atoms. The molecule has 0 saturated carbocycles. The predicted molar refractivity (Wildman–Crippen MR) is 131 cm³/mol. The van der Waals surface area contributed by atoms with Crippen molar-refractivity contribution in [3.63, 3.8) is 0 Å². The minimum Gasteiger partial charge on any atom is -0.384 e. The number of carbonyl (C=O) groups is 2. The number of nitrogens with zero attached hydrogens (tertiary/aromatic N) is 5. The molecule has 5 rings (SSSR count). The van der Waals surface area contributed by atoms with E-state index in [9.17, 15) is 14.0 Å². The highest BCUT2D eigenvalue weighted by Gasteiger charge is 2.34. The number of halogens is 1.